The molecular weight excluding hydrogens is 549 g/mol. The molecule has 0 saturated heterocycles. The van der Waals surface area contributed by atoms with Gasteiger partial charge in [-0.2, -0.15) is 13.2 Å². The molecule has 38 heavy (non-hydrogen) atoms. The van der Waals surface area contributed by atoms with Crippen molar-refractivity contribution in [3.05, 3.63) is 64.4 Å². The average Bonchev–Trinajstić information content (AvgIpc) is 3.34. The molecule has 208 valence electrons. The van der Waals surface area contributed by atoms with Crippen LogP contribution in [0, 0.1) is 5.82 Å². The lowest BCUT2D eigenvalue weighted by Gasteiger charge is -2.21. The third-order valence-electron chi connectivity index (χ3n) is 5.51. The number of aromatic nitrogens is 2. The summed E-state index contributed by atoms with van der Waals surface area (Å²) in [5, 5.41) is 8.04. The molecular formula is C24H28F4N3O5PS. The summed E-state index contributed by atoms with van der Waals surface area (Å²) in [5.41, 5.74) is 4.81. The fourth-order valence-corrected chi connectivity index (χ4v) is 4.80. The van der Waals surface area contributed by atoms with Crippen molar-refractivity contribution in [1.82, 2.24) is 10.2 Å². The predicted molar refractivity (Wildman–Crippen MR) is 134 cm³/mol. The van der Waals surface area contributed by atoms with E-state index >= 15 is 0 Å². The van der Waals surface area contributed by atoms with Gasteiger partial charge in [0.2, 0.25) is 0 Å². The van der Waals surface area contributed by atoms with E-state index in [-0.39, 0.29) is 33.8 Å². The van der Waals surface area contributed by atoms with Crippen LogP contribution in [0.4, 0.5) is 17.6 Å². The van der Waals surface area contributed by atoms with E-state index in [9.17, 15) is 22.1 Å². The number of halogens is 4. The minimum atomic E-state index is -4.77. The van der Waals surface area contributed by atoms with Gasteiger partial charge >= 0.3 is 14.0 Å². The van der Waals surface area contributed by atoms with Gasteiger partial charge in [-0.05, 0) is 62.1 Å². The van der Waals surface area contributed by atoms with Crippen molar-refractivity contribution in [3.63, 3.8) is 0 Å². The monoisotopic (exact) mass is 577 g/mol. The molecule has 0 spiro atoms. The van der Waals surface area contributed by atoms with Crippen LogP contribution in [0.3, 0.4) is 0 Å². The van der Waals surface area contributed by atoms with Crippen molar-refractivity contribution in [2.24, 2.45) is 5.73 Å². The Morgan fingerprint density at radius 3 is 2.37 bits per heavy atom. The van der Waals surface area contributed by atoms with Crippen molar-refractivity contribution in [2.75, 3.05) is 13.2 Å². The topological polar surface area (TPSA) is 128 Å². The van der Waals surface area contributed by atoms with Crippen molar-refractivity contribution in [3.8, 4) is 16.3 Å². The number of aryl methyl sites for hydroxylation is 1. The predicted octanol–water partition coefficient (Wildman–Crippen LogP) is 5.83. The minimum Gasteiger partial charge on any atom is -0.493 e. The smallest absolute Gasteiger partial charge is 0.469 e. The quantitative estimate of drug-likeness (QED) is 0.132. The number of benzene rings is 2. The van der Waals surface area contributed by atoms with Crippen LogP contribution in [-0.4, -0.2) is 33.2 Å². The van der Waals surface area contributed by atoms with E-state index in [2.05, 4.69) is 14.7 Å². The van der Waals surface area contributed by atoms with Gasteiger partial charge in [0.1, 0.15) is 21.6 Å². The highest BCUT2D eigenvalue weighted by Crippen LogP contribution is 2.41. The third kappa shape index (κ3) is 9.11. The number of phosphoric acid groups is 1. The van der Waals surface area contributed by atoms with E-state index in [1.807, 2.05) is 0 Å². The Kier molecular flexibility index (Phi) is 10.0. The first kappa shape index (κ1) is 30.1. The normalized spacial score (nSPS) is 13.9. The summed E-state index contributed by atoms with van der Waals surface area (Å²) in [5.74, 6) is -0.578. The maximum atomic E-state index is 13.8. The average molecular weight is 578 g/mol. The Bertz CT molecular complexity index is 1250. The molecule has 8 nitrogen and oxygen atoms in total. The van der Waals surface area contributed by atoms with E-state index < -0.39 is 31.7 Å². The molecule has 1 atom stereocenters. The Morgan fingerprint density at radius 1 is 1.03 bits per heavy atom. The maximum Gasteiger partial charge on any atom is 0.469 e. The third-order valence-corrected chi connectivity index (χ3v) is 7.23. The highest BCUT2D eigenvalue weighted by molar-refractivity contribution is 7.46. The van der Waals surface area contributed by atoms with Crippen molar-refractivity contribution in [1.29, 1.82) is 0 Å². The largest absolute Gasteiger partial charge is 0.493 e. The molecule has 4 N–H and O–H groups in total. The summed E-state index contributed by atoms with van der Waals surface area (Å²) in [4.78, 5) is 17.8. The molecule has 3 aromatic rings. The summed E-state index contributed by atoms with van der Waals surface area (Å²) in [6.07, 6.45) is -0.775. The minimum absolute atomic E-state index is 0.118. The van der Waals surface area contributed by atoms with Crippen molar-refractivity contribution >= 4 is 19.2 Å². The second-order valence-corrected chi connectivity index (χ2v) is 11.2. The number of rotatable bonds is 13. The molecule has 0 aliphatic heterocycles. The van der Waals surface area contributed by atoms with Crippen molar-refractivity contribution in [2.45, 2.75) is 50.7 Å². The van der Waals surface area contributed by atoms with Crippen molar-refractivity contribution < 1.29 is 41.2 Å². The Balaban J connectivity index is 1.58. The van der Waals surface area contributed by atoms with Crippen LogP contribution in [-0.2, 0) is 27.2 Å². The van der Waals surface area contributed by atoms with Gasteiger partial charge in [0.05, 0.1) is 24.3 Å². The van der Waals surface area contributed by atoms with Gasteiger partial charge in [0.25, 0.3) is 0 Å². The number of nitrogens with zero attached hydrogens (tertiary/aromatic N) is 2. The van der Waals surface area contributed by atoms with Gasteiger partial charge < -0.3 is 20.3 Å². The molecule has 0 fully saturated rings. The molecule has 3 rings (SSSR count). The standard InChI is InChI=1S/C24H28F4N3O5PS/c1-23(29,15-36-37(32,33)34)22-31-30-21(38-22)17-9-12-20(19(14-17)24(26,27)28)35-13-5-3-2-4-6-16-7-10-18(25)11-8-16/h7-12,14H,2-6,13,15,29H2,1H3,(H2,32,33,34). The van der Waals surface area contributed by atoms with E-state index in [0.717, 1.165) is 48.6 Å². The number of ether oxygens (including phenoxy) is 1. The Morgan fingerprint density at radius 2 is 1.71 bits per heavy atom. The van der Waals surface area contributed by atoms with Crippen LogP contribution in [0.25, 0.3) is 10.6 Å². The lowest BCUT2D eigenvalue weighted by molar-refractivity contribution is -0.138. The lowest BCUT2D eigenvalue weighted by Crippen LogP contribution is -2.37. The van der Waals surface area contributed by atoms with Crippen LogP contribution in [0.2, 0.25) is 0 Å². The molecule has 0 saturated carbocycles. The van der Waals surface area contributed by atoms with Gasteiger partial charge in [-0.1, -0.05) is 36.3 Å². The molecule has 1 heterocycles. The summed E-state index contributed by atoms with van der Waals surface area (Å²) >= 11 is 0.890. The fraction of sp³-hybridized carbons (Fsp3) is 0.417. The number of hydrogen-bond donors (Lipinski definition) is 3. The maximum absolute atomic E-state index is 13.8. The van der Waals surface area contributed by atoms with Gasteiger partial charge in [-0.15, -0.1) is 10.2 Å². The second-order valence-electron chi connectivity index (χ2n) is 8.94. The number of hydrogen-bond acceptors (Lipinski definition) is 7. The molecule has 14 heteroatoms. The van der Waals surface area contributed by atoms with E-state index in [4.69, 9.17) is 20.3 Å². The Labute approximate surface area is 221 Å². The van der Waals surface area contributed by atoms with Gasteiger partial charge in [-0.3, -0.25) is 4.52 Å². The van der Waals surface area contributed by atoms with E-state index in [1.54, 1.807) is 12.1 Å². The first-order valence-electron chi connectivity index (χ1n) is 11.7. The zero-order valence-corrected chi connectivity index (χ0v) is 22.2. The van der Waals surface area contributed by atoms with Crippen LogP contribution < -0.4 is 10.5 Å². The highest BCUT2D eigenvalue weighted by atomic mass is 32.1. The molecule has 1 aromatic heterocycles. The Hall–Kier alpha value is -2.41. The number of unbranched alkanes of at least 4 members (excludes halogenated alkanes) is 3. The summed E-state index contributed by atoms with van der Waals surface area (Å²) in [6, 6.07) is 9.87. The molecule has 0 aliphatic carbocycles. The zero-order chi connectivity index (χ0) is 28.0. The van der Waals surface area contributed by atoms with Crippen LogP contribution in [0.1, 0.15) is 48.7 Å². The lowest BCUT2D eigenvalue weighted by atomic mass is 10.1. The zero-order valence-electron chi connectivity index (χ0n) is 20.4. The van der Waals surface area contributed by atoms with Gasteiger partial charge in [0, 0.05) is 5.56 Å². The summed E-state index contributed by atoms with van der Waals surface area (Å²) in [7, 11) is -4.77. The number of nitrogens with two attached hydrogens (primary N) is 1. The first-order chi connectivity index (χ1) is 17.7. The number of alkyl halides is 3. The number of phosphoric ester groups is 1. The second kappa shape index (κ2) is 12.6. The van der Waals surface area contributed by atoms with Crippen LogP contribution in [0.15, 0.2) is 42.5 Å². The summed E-state index contributed by atoms with van der Waals surface area (Å²) in [6.45, 7) is 0.958. The van der Waals surface area contributed by atoms with Crippen LogP contribution >= 0.6 is 19.2 Å². The fourth-order valence-electron chi connectivity index (χ4n) is 3.48. The van der Waals surface area contributed by atoms with Gasteiger partial charge in [0.15, 0.2) is 0 Å². The molecule has 2 aromatic carbocycles. The molecule has 0 amide bonds. The van der Waals surface area contributed by atoms with Gasteiger partial charge in [-0.25, -0.2) is 8.96 Å². The first-order valence-corrected chi connectivity index (χ1v) is 14.0. The molecule has 1 unspecified atom stereocenters. The molecule has 0 bridgehead atoms. The van der Waals surface area contributed by atoms with Crippen LogP contribution in [0.5, 0.6) is 5.75 Å². The molecule has 0 radical (unpaired) electrons. The van der Waals surface area contributed by atoms with E-state index in [1.165, 1.54) is 31.2 Å². The highest BCUT2D eigenvalue weighted by Gasteiger charge is 2.35. The molecule has 0 aliphatic rings. The summed E-state index contributed by atoms with van der Waals surface area (Å²) < 4.78 is 75.1. The SMILES string of the molecule is CC(N)(COP(=O)(O)O)c1nnc(-c2ccc(OCCCCCCc3ccc(F)cc3)c(C(F)(F)F)c2)s1. The van der Waals surface area contributed by atoms with E-state index in [0.29, 0.717) is 6.42 Å².